The summed E-state index contributed by atoms with van der Waals surface area (Å²) in [6.07, 6.45) is 0.540. The Labute approximate surface area is 115 Å². The maximum atomic E-state index is 13.2. The normalized spacial score (nSPS) is 10.9. The number of carbonyl (C=O) groups is 2. The first-order chi connectivity index (χ1) is 9.47. The van der Waals surface area contributed by atoms with Crippen LogP contribution in [-0.2, 0) is 22.6 Å². The van der Waals surface area contributed by atoms with Crippen molar-refractivity contribution in [1.82, 2.24) is 9.55 Å². The maximum Gasteiger partial charge on any atom is 0.303 e. The number of hydrogen-bond donors (Lipinski definition) is 1. The molecular formula is C14H15FN2O3. The van der Waals surface area contributed by atoms with Gasteiger partial charge in [-0.1, -0.05) is 0 Å². The number of fused-ring (bicyclic) bond motifs is 1. The van der Waals surface area contributed by atoms with E-state index in [-0.39, 0.29) is 18.6 Å². The van der Waals surface area contributed by atoms with Crippen LogP contribution in [0.3, 0.4) is 0 Å². The summed E-state index contributed by atoms with van der Waals surface area (Å²) >= 11 is 0. The van der Waals surface area contributed by atoms with Crippen LogP contribution in [0.5, 0.6) is 0 Å². The highest BCUT2D eigenvalue weighted by molar-refractivity contribution is 5.78. The summed E-state index contributed by atoms with van der Waals surface area (Å²) in [7, 11) is 0. The van der Waals surface area contributed by atoms with Crippen molar-refractivity contribution in [3.63, 3.8) is 0 Å². The van der Waals surface area contributed by atoms with Crippen molar-refractivity contribution in [3.8, 4) is 0 Å². The number of aliphatic carboxylic acids is 1. The first-order valence-electron chi connectivity index (χ1n) is 6.33. The van der Waals surface area contributed by atoms with Crippen LogP contribution in [0.4, 0.5) is 4.39 Å². The number of benzene rings is 1. The van der Waals surface area contributed by atoms with Crippen LogP contribution in [0.15, 0.2) is 18.2 Å². The molecule has 0 spiro atoms. The second kappa shape index (κ2) is 5.81. The Kier molecular flexibility index (Phi) is 4.12. The Bertz CT molecular complexity index is 664. The number of hydrogen-bond acceptors (Lipinski definition) is 3. The summed E-state index contributed by atoms with van der Waals surface area (Å²) in [5.41, 5.74) is 1.20. The van der Waals surface area contributed by atoms with E-state index in [4.69, 9.17) is 5.11 Å². The third kappa shape index (κ3) is 3.20. The van der Waals surface area contributed by atoms with Gasteiger partial charge in [-0.2, -0.15) is 0 Å². The molecule has 0 fully saturated rings. The van der Waals surface area contributed by atoms with E-state index in [1.165, 1.54) is 19.1 Å². The Balaban J connectivity index is 2.39. The van der Waals surface area contributed by atoms with Gasteiger partial charge in [0.2, 0.25) is 0 Å². The second-order valence-electron chi connectivity index (χ2n) is 4.66. The fraction of sp³-hybridized carbons (Fsp3) is 0.357. The molecule has 1 aromatic carbocycles. The highest BCUT2D eigenvalue weighted by Gasteiger charge is 2.13. The van der Waals surface area contributed by atoms with Gasteiger partial charge in [0.05, 0.1) is 17.5 Å². The van der Waals surface area contributed by atoms with Crippen molar-refractivity contribution >= 4 is 22.8 Å². The van der Waals surface area contributed by atoms with E-state index in [1.54, 1.807) is 10.6 Å². The molecule has 0 atom stereocenters. The summed E-state index contributed by atoms with van der Waals surface area (Å²) in [5.74, 6) is -0.702. The number of halogens is 1. The number of carboxylic acid groups (broad SMARTS) is 1. The predicted octanol–water partition coefficient (Wildman–Crippen LogP) is 2.17. The minimum Gasteiger partial charge on any atom is -0.481 e. The fourth-order valence-electron chi connectivity index (χ4n) is 2.08. The molecule has 6 heteroatoms. The molecule has 1 N–H and O–H groups in total. The lowest BCUT2D eigenvalue weighted by Gasteiger charge is -2.07. The minimum atomic E-state index is -0.915. The van der Waals surface area contributed by atoms with Crippen molar-refractivity contribution in [2.75, 3.05) is 0 Å². The second-order valence-corrected chi connectivity index (χ2v) is 4.66. The third-order valence-corrected chi connectivity index (χ3v) is 3.04. The molecule has 0 saturated heterocycles. The van der Waals surface area contributed by atoms with Gasteiger partial charge in [0, 0.05) is 25.5 Å². The van der Waals surface area contributed by atoms with Gasteiger partial charge >= 0.3 is 5.97 Å². The number of nitrogens with zero attached hydrogens (tertiary/aromatic N) is 2. The highest BCUT2D eigenvalue weighted by Crippen LogP contribution is 2.19. The molecule has 2 rings (SSSR count). The molecule has 5 nitrogen and oxygen atoms in total. The largest absolute Gasteiger partial charge is 0.481 e. The zero-order valence-corrected chi connectivity index (χ0v) is 11.1. The minimum absolute atomic E-state index is 0.0400. The van der Waals surface area contributed by atoms with Crippen molar-refractivity contribution in [2.24, 2.45) is 0 Å². The Hall–Kier alpha value is -2.24. The van der Waals surface area contributed by atoms with Gasteiger partial charge in [-0.05, 0) is 19.1 Å². The number of Topliss-reactive ketones (excluding diaryl/α,β-unsaturated/α-hetero) is 1. The van der Waals surface area contributed by atoms with E-state index in [0.717, 1.165) is 0 Å². The quantitative estimate of drug-likeness (QED) is 0.879. The average Bonchev–Trinajstić information content (AvgIpc) is 2.70. The number of carbonyl (C=O) groups excluding carboxylic acids is 1. The smallest absolute Gasteiger partial charge is 0.303 e. The monoisotopic (exact) mass is 278 g/mol. The van der Waals surface area contributed by atoms with Crippen LogP contribution < -0.4 is 0 Å². The zero-order chi connectivity index (χ0) is 14.7. The molecule has 0 aliphatic carbocycles. The molecule has 2 aromatic rings. The van der Waals surface area contributed by atoms with Crippen LogP contribution >= 0.6 is 0 Å². The molecule has 0 saturated carbocycles. The van der Waals surface area contributed by atoms with E-state index >= 15 is 0 Å². The Morgan fingerprint density at radius 1 is 1.35 bits per heavy atom. The van der Waals surface area contributed by atoms with E-state index < -0.39 is 11.8 Å². The van der Waals surface area contributed by atoms with E-state index in [0.29, 0.717) is 29.8 Å². The summed E-state index contributed by atoms with van der Waals surface area (Å²) in [6, 6.07) is 4.24. The number of aromatic nitrogens is 2. The highest BCUT2D eigenvalue weighted by atomic mass is 19.1. The molecular weight excluding hydrogens is 263 g/mol. The van der Waals surface area contributed by atoms with Gasteiger partial charge in [-0.15, -0.1) is 0 Å². The topological polar surface area (TPSA) is 72.2 Å². The van der Waals surface area contributed by atoms with Gasteiger partial charge in [-0.25, -0.2) is 9.37 Å². The summed E-state index contributed by atoms with van der Waals surface area (Å²) in [6.45, 7) is 1.92. The summed E-state index contributed by atoms with van der Waals surface area (Å²) in [5, 5.41) is 8.75. The van der Waals surface area contributed by atoms with Gasteiger partial charge < -0.3 is 9.67 Å². The van der Waals surface area contributed by atoms with Crippen molar-refractivity contribution in [1.29, 1.82) is 0 Å². The predicted molar refractivity (Wildman–Crippen MR) is 70.9 cm³/mol. The first kappa shape index (κ1) is 14.2. The van der Waals surface area contributed by atoms with Crippen molar-refractivity contribution in [3.05, 3.63) is 29.8 Å². The van der Waals surface area contributed by atoms with Crippen LogP contribution in [0, 0.1) is 5.82 Å². The molecule has 20 heavy (non-hydrogen) atoms. The van der Waals surface area contributed by atoms with Crippen LogP contribution in [-0.4, -0.2) is 26.4 Å². The zero-order valence-electron chi connectivity index (χ0n) is 11.1. The standard InChI is InChI=1S/C14H15FN2O3/c1-9(18)6-7-17-12-3-2-10(15)8-11(12)16-13(17)4-5-14(19)20/h2-3,8H,4-7H2,1H3,(H,19,20). The lowest BCUT2D eigenvalue weighted by Crippen LogP contribution is -2.09. The molecule has 0 bridgehead atoms. The number of imidazole rings is 1. The number of aryl methyl sites for hydroxylation is 2. The third-order valence-electron chi connectivity index (χ3n) is 3.04. The van der Waals surface area contributed by atoms with Crippen molar-refractivity contribution < 1.29 is 19.1 Å². The average molecular weight is 278 g/mol. The molecule has 0 radical (unpaired) electrons. The molecule has 0 aliphatic heterocycles. The molecule has 1 aromatic heterocycles. The summed E-state index contributed by atoms with van der Waals surface area (Å²) < 4.78 is 15.0. The SMILES string of the molecule is CC(=O)CCn1c(CCC(=O)O)nc2cc(F)ccc21. The Morgan fingerprint density at radius 2 is 2.10 bits per heavy atom. The number of ketones is 1. The maximum absolute atomic E-state index is 13.2. The van der Waals surface area contributed by atoms with Gasteiger partial charge in [0.1, 0.15) is 17.4 Å². The lowest BCUT2D eigenvalue weighted by atomic mass is 10.2. The molecule has 0 amide bonds. The molecule has 106 valence electrons. The van der Waals surface area contributed by atoms with Gasteiger partial charge in [0.25, 0.3) is 0 Å². The fourth-order valence-corrected chi connectivity index (χ4v) is 2.08. The molecule has 0 unspecified atom stereocenters. The molecule has 1 heterocycles. The van der Waals surface area contributed by atoms with Crippen LogP contribution in [0.25, 0.3) is 11.0 Å². The van der Waals surface area contributed by atoms with E-state index in [2.05, 4.69) is 4.98 Å². The molecule has 0 aliphatic rings. The lowest BCUT2D eigenvalue weighted by molar-refractivity contribution is -0.137. The number of carboxylic acids is 1. The van der Waals surface area contributed by atoms with E-state index in [1.807, 2.05) is 0 Å². The summed E-state index contributed by atoms with van der Waals surface area (Å²) in [4.78, 5) is 26.1. The van der Waals surface area contributed by atoms with Crippen LogP contribution in [0.1, 0.15) is 25.6 Å². The van der Waals surface area contributed by atoms with Gasteiger partial charge in [0.15, 0.2) is 0 Å². The van der Waals surface area contributed by atoms with Gasteiger partial charge in [-0.3, -0.25) is 9.59 Å². The first-order valence-corrected chi connectivity index (χ1v) is 6.33. The Morgan fingerprint density at radius 3 is 2.75 bits per heavy atom. The van der Waals surface area contributed by atoms with Crippen LogP contribution in [0.2, 0.25) is 0 Å². The van der Waals surface area contributed by atoms with Crippen molar-refractivity contribution in [2.45, 2.75) is 32.7 Å². The number of rotatable bonds is 6. The van der Waals surface area contributed by atoms with E-state index in [9.17, 15) is 14.0 Å².